The zero-order valence-corrected chi connectivity index (χ0v) is 27.5. The number of anilines is 1. The normalized spacial score (nSPS) is 13.5. The van der Waals surface area contributed by atoms with Gasteiger partial charge in [-0.05, 0) is 123 Å². The van der Waals surface area contributed by atoms with Crippen LogP contribution in [0.3, 0.4) is 0 Å². The van der Waals surface area contributed by atoms with Gasteiger partial charge in [0.25, 0.3) is 0 Å². The monoisotopic (exact) mass is 647 g/mol. The molecule has 1 aliphatic rings. The Labute approximate surface area is 281 Å². The van der Waals surface area contributed by atoms with Gasteiger partial charge in [-0.15, -0.1) is 0 Å². The molecule has 0 spiro atoms. The van der Waals surface area contributed by atoms with Crippen LogP contribution < -0.4 is 9.64 Å². The molecule has 11 nitrogen and oxygen atoms in total. The van der Waals surface area contributed by atoms with Crippen molar-refractivity contribution in [2.75, 3.05) is 44.4 Å². The van der Waals surface area contributed by atoms with Gasteiger partial charge in [0.2, 0.25) is 0 Å². The number of ether oxygens (including phenoxy) is 3. The average Bonchev–Trinajstić information content (AvgIpc) is 3.13. The molecule has 0 N–H and O–H groups in total. The van der Waals surface area contributed by atoms with Crippen molar-refractivity contribution in [1.82, 2.24) is 0 Å². The molecule has 0 aromatic heterocycles. The second-order valence-corrected chi connectivity index (χ2v) is 11.2. The molecular formula is C37H41N7O4. The molecule has 0 radical (unpaired) electrons. The number of carbonyl (C=O) groups is 1. The molecule has 1 fully saturated rings. The first-order chi connectivity index (χ1) is 23.6. The minimum Gasteiger partial charge on any atom is -0.494 e. The highest BCUT2D eigenvalue weighted by Gasteiger charge is 2.10. The molecule has 0 atom stereocenters. The van der Waals surface area contributed by atoms with Gasteiger partial charge in [0.1, 0.15) is 5.75 Å². The molecule has 0 aliphatic carbocycles. The maximum atomic E-state index is 11.1. The van der Waals surface area contributed by atoms with Crippen LogP contribution >= 0.6 is 0 Å². The van der Waals surface area contributed by atoms with E-state index < -0.39 is 0 Å². The highest BCUT2D eigenvalue weighted by Crippen LogP contribution is 2.29. The molecular weight excluding hydrogens is 606 g/mol. The van der Waals surface area contributed by atoms with Gasteiger partial charge in [-0.2, -0.15) is 30.7 Å². The largest absolute Gasteiger partial charge is 0.494 e. The molecule has 4 aromatic carbocycles. The van der Waals surface area contributed by atoms with Crippen molar-refractivity contribution in [2.45, 2.75) is 39.5 Å². The van der Waals surface area contributed by atoms with E-state index in [4.69, 9.17) is 14.2 Å². The van der Waals surface area contributed by atoms with Crippen LogP contribution in [-0.2, 0) is 14.3 Å². The number of hydrogen-bond donors (Lipinski definition) is 0. The SMILES string of the molecule is CCC(=O)OCCCCCOc1ccc(N=Nc2ccc(N=Nc3ccc(N=Nc4ccc(N5CCOCC5)cc4)cc3C)cc2)cc1. The smallest absolute Gasteiger partial charge is 0.305 e. The number of rotatable bonds is 15. The van der Waals surface area contributed by atoms with Crippen molar-refractivity contribution < 1.29 is 19.0 Å². The summed E-state index contributed by atoms with van der Waals surface area (Å²) in [6, 6.07) is 28.7. The van der Waals surface area contributed by atoms with Crippen LogP contribution in [0.5, 0.6) is 5.75 Å². The zero-order chi connectivity index (χ0) is 33.4. The quantitative estimate of drug-likeness (QED) is 0.0721. The van der Waals surface area contributed by atoms with Gasteiger partial charge in [0, 0.05) is 25.2 Å². The Morgan fingerprint density at radius 1 is 0.667 bits per heavy atom. The second kappa shape index (κ2) is 18.2. The molecule has 1 heterocycles. The lowest BCUT2D eigenvalue weighted by Crippen LogP contribution is -2.36. The van der Waals surface area contributed by atoms with Crippen molar-refractivity contribution in [3.8, 4) is 5.75 Å². The summed E-state index contributed by atoms with van der Waals surface area (Å²) in [7, 11) is 0. The molecule has 4 aromatic rings. The number of aryl methyl sites for hydroxylation is 1. The van der Waals surface area contributed by atoms with E-state index in [0.29, 0.717) is 31.0 Å². The Morgan fingerprint density at radius 3 is 1.79 bits per heavy atom. The fourth-order valence-electron chi connectivity index (χ4n) is 4.76. The number of nitrogens with zero attached hydrogens (tertiary/aromatic N) is 7. The molecule has 1 aliphatic heterocycles. The van der Waals surface area contributed by atoms with E-state index >= 15 is 0 Å². The van der Waals surface area contributed by atoms with E-state index in [2.05, 4.69) is 47.7 Å². The Morgan fingerprint density at radius 2 is 1.19 bits per heavy atom. The number of hydrogen-bond acceptors (Lipinski definition) is 11. The van der Waals surface area contributed by atoms with Gasteiger partial charge < -0.3 is 19.1 Å². The highest BCUT2D eigenvalue weighted by molar-refractivity contribution is 5.68. The fraction of sp³-hybridized carbons (Fsp3) is 0.324. The van der Waals surface area contributed by atoms with Crippen LogP contribution in [0, 0.1) is 6.92 Å². The molecule has 1 saturated heterocycles. The Bertz CT molecular complexity index is 1680. The lowest BCUT2D eigenvalue weighted by Gasteiger charge is -2.28. The van der Waals surface area contributed by atoms with E-state index in [1.54, 1.807) is 6.92 Å². The topological polar surface area (TPSA) is 122 Å². The number of carbonyl (C=O) groups excluding carboxylic acids is 1. The summed E-state index contributed by atoms with van der Waals surface area (Å²) < 4.78 is 16.3. The minimum absolute atomic E-state index is 0.154. The standard InChI is InChI=1S/C37H41N7O4/c1-3-37(45)48-24-6-4-5-23-47-35-18-13-32(14-19-35)39-38-29-7-9-30(10-8-29)41-43-36-20-15-33(27-28(36)2)42-40-31-11-16-34(17-12-31)44-21-25-46-26-22-44/h7-20,27H,3-6,21-26H2,1-2H3. The number of morpholine rings is 1. The van der Waals surface area contributed by atoms with Gasteiger partial charge in [0.15, 0.2) is 0 Å². The third-order valence-electron chi connectivity index (χ3n) is 7.54. The van der Waals surface area contributed by atoms with Gasteiger partial charge in [-0.3, -0.25) is 4.79 Å². The van der Waals surface area contributed by atoms with Crippen LogP contribution in [0.15, 0.2) is 122 Å². The Hall–Kier alpha value is -5.29. The highest BCUT2D eigenvalue weighted by atomic mass is 16.5. The third kappa shape index (κ3) is 10.9. The first kappa shape index (κ1) is 34.1. The molecule has 0 bridgehead atoms. The van der Waals surface area contributed by atoms with E-state index in [1.807, 2.05) is 85.8 Å². The summed E-state index contributed by atoms with van der Waals surface area (Å²) in [5, 5.41) is 26.3. The molecule has 11 heteroatoms. The van der Waals surface area contributed by atoms with E-state index in [0.717, 1.165) is 79.6 Å². The van der Waals surface area contributed by atoms with E-state index in [1.165, 1.54) is 5.69 Å². The summed E-state index contributed by atoms with van der Waals surface area (Å²) in [5.74, 6) is 0.625. The summed E-state index contributed by atoms with van der Waals surface area (Å²) in [5.41, 5.74) is 6.57. The van der Waals surface area contributed by atoms with Crippen LogP contribution in [0.4, 0.5) is 39.8 Å². The summed E-state index contributed by atoms with van der Waals surface area (Å²) in [6.07, 6.45) is 3.09. The molecule has 248 valence electrons. The molecule has 0 unspecified atom stereocenters. The summed E-state index contributed by atoms with van der Waals surface area (Å²) >= 11 is 0. The molecule has 0 saturated carbocycles. The maximum absolute atomic E-state index is 11.1. The number of unbranched alkanes of at least 4 members (excludes halogenated alkanes) is 2. The lowest BCUT2D eigenvalue weighted by molar-refractivity contribution is -0.143. The van der Waals surface area contributed by atoms with Crippen LogP contribution in [0.25, 0.3) is 0 Å². The van der Waals surface area contributed by atoms with Crippen LogP contribution in [-0.4, -0.2) is 45.5 Å². The number of azo groups is 3. The summed E-state index contributed by atoms with van der Waals surface area (Å²) in [4.78, 5) is 13.4. The van der Waals surface area contributed by atoms with Crippen molar-refractivity contribution in [3.05, 3.63) is 96.6 Å². The average molecular weight is 648 g/mol. The van der Waals surface area contributed by atoms with Gasteiger partial charge in [0.05, 0.1) is 60.6 Å². The first-order valence-corrected chi connectivity index (χ1v) is 16.3. The van der Waals surface area contributed by atoms with Crippen molar-refractivity contribution in [1.29, 1.82) is 0 Å². The van der Waals surface area contributed by atoms with Crippen molar-refractivity contribution in [2.24, 2.45) is 30.7 Å². The minimum atomic E-state index is -0.154. The zero-order valence-electron chi connectivity index (χ0n) is 27.5. The predicted octanol–water partition coefficient (Wildman–Crippen LogP) is 10.6. The Balaban J connectivity index is 1.05. The van der Waals surface area contributed by atoms with Gasteiger partial charge in [-0.1, -0.05) is 6.92 Å². The molecule has 48 heavy (non-hydrogen) atoms. The molecule has 0 amide bonds. The third-order valence-corrected chi connectivity index (χ3v) is 7.54. The Kier molecular flexibility index (Phi) is 12.9. The summed E-state index contributed by atoms with van der Waals surface area (Å²) in [6.45, 7) is 8.17. The lowest BCUT2D eigenvalue weighted by atomic mass is 10.2. The predicted molar refractivity (Wildman–Crippen MR) is 187 cm³/mol. The maximum Gasteiger partial charge on any atom is 0.305 e. The fourth-order valence-corrected chi connectivity index (χ4v) is 4.76. The van der Waals surface area contributed by atoms with E-state index in [-0.39, 0.29) is 5.97 Å². The second-order valence-electron chi connectivity index (χ2n) is 11.2. The van der Waals surface area contributed by atoms with Gasteiger partial charge >= 0.3 is 5.97 Å². The van der Waals surface area contributed by atoms with Crippen LogP contribution in [0.1, 0.15) is 38.2 Å². The van der Waals surface area contributed by atoms with Gasteiger partial charge in [-0.25, -0.2) is 0 Å². The van der Waals surface area contributed by atoms with Crippen molar-refractivity contribution in [3.63, 3.8) is 0 Å². The van der Waals surface area contributed by atoms with Crippen LogP contribution in [0.2, 0.25) is 0 Å². The number of esters is 1. The first-order valence-electron chi connectivity index (χ1n) is 16.3. The van der Waals surface area contributed by atoms with E-state index in [9.17, 15) is 4.79 Å². The number of benzene rings is 4. The molecule has 5 rings (SSSR count). The van der Waals surface area contributed by atoms with Crippen molar-refractivity contribution >= 4 is 45.8 Å².